The van der Waals surface area contributed by atoms with Gasteiger partial charge in [-0.15, -0.1) is 0 Å². The fourth-order valence-electron chi connectivity index (χ4n) is 3.63. The number of aromatic nitrogens is 2. The number of nitrogens with zero attached hydrogens (tertiary/aromatic N) is 3. The quantitative estimate of drug-likeness (QED) is 0.765. The van der Waals surface area contributed by atoms with Crippen molar-refractivity contribution in [3.8, 4) is 11.5 Å². The summed E-state index contributed by atoms with van der Waals surface area (Å²) >= 11 is 0. The molecule has 0 spiro atoms. The molecule has 0 aliphatic carbocycles. The SMILES string of the molecule is CCc1nccn1CCC(=O)N1CCC(c2cc(OC)ccc2OC)C1. The zero-order valence-corrected chi connectivity index (χ0v) is 15.8. The van der Waals surface area contributed by atoms with Crippen LogP contribution in [0.2, 0.25) is 0 Å². The van der Waals surface area contributed by atoms with Crippen molar-refractivity contribution < 1.29 is 14.3 Å². The Kier molecular flexibility index (Phi) is 5.81. The zero-order valence-electron chi connectivity index (χ0n) is 15.8. The maximum absolute atomic E-state index is 12.6. The van der Waals surface area contributed by atoms with Crippen molar-refractivity contribution >= 4 is 5.91 Å². The molecule has 0 N–H and O–H groups in total. The van der Waals surface area contributed by atoms with Gasteiger partial charge in [-0.25, -0.2) is 4.98 Å². The number of carbonyl (C=O) groups excluding carboxylic acids is 1. The number of methoxy groups -OCH3 is 2. The zero-order chi connectivity index (χ0) is 18.5. The molecule has 1 aliphatic heterocycles. The fourth-order valence-corrected chi connectivity index (χ4v) is 3.63. The highest BCUT2D eigenvalue weighted by molar-refractivity contribution is 5.76. The van der Waals surface area contributed by atoms with Crippen LogP contribution < -0.4 is 9.47 Å². The van der Waals surface area contributed by atoms with E-state index in [2.05, 4.69) is 16.5 Å². The Morgan fingerprint density at radius 3 is 2.88 bits per heavy atom. The Morgan fingerprint density at radius 2 is 2.15 bits per heavy atom. The van der Waals surface area contributed by atoms with Gasteiger partial charge in [0.05, 0.1) is 14.2 Å². The molecule has 6 heteroatoms. The van der Waals surface area contributed by atoms with E-state index in [1.54, 1.807) is 20.4 Å². The molecule has 2 heterocycles. The molecule has 2 aromatic rings. The van der Waals surface area contributed by atoms with Gasteiger partial charge >= 0.3 is 0 Å². The Balaban J connectivity index is 1.62. The van der Waals surface area contributed by atoms with Gasteiger partial charge in [0, 0.05) is 56.4 Å². The highest BCUT2D eigenvalue weighted by atomic mass is 16.5. The van der Waals surface area contributed by atoms with E-state index >= 15 is 0 Å². The van der Waals surface area contributed by atoms with Crippen LogP contribution in [0.15, 0.2) is 30.6 Å². The summed E-state index contributed by atoms with van der Waals surface area (Å²) < 4.78 is 12.9. The summed E-state index contributed by atoms with van der Waals surface area (Å²) in [5, 5.41) is 0. The molecule has 0 saturated carbocycles. The highest BCUT2D eigenvalue weighted by Gasteiger charge is 2.29. The first-order chi connectivity index (χ1) is 12.7. The van der Waals surface area contributed by atoms with Crippen molar-refractivity contribution in [1.29, 1.82) is 0 Å². The number of ether oxygens (including phenoxy) is 2. The van der Waals surface area contributed by atoms with E-state index in [0.29, 0.717) is 13.0 Å². The van der Waals surface area contributed by atoms with E-state index in [-0.39, 0.29) is 11.8 Å². The molecular weight excluding hydrogens is 330 g/mol. The molecule has 6 nitrogen and oxygen atoms in total. The number of hydrogen-bond donors (Lipinski definition) is 0. The van der Waals surface area contributed by atoms with Crippen molar-refractivity contribution in [2.24, 2.45) is 0 Å². The maximum Gasteiger partial charge on any atom is 0.224 e. The van der Waals surface area contributed by atoms with Crippen LogP contribution >= 0.6 is 0 Å². The molecule has 0 radical (unpaired) electrons. The van der Waals surface area contributed by atoms with Gasteiger partial charge in [0.15, 0.2) is 0 Å². The maximum atomic E-state index is 12.6. The van der Waals surface area contributed by atoms with Crippen LogP contribution in [0.4, 0.5) is 0 Å². The number of aryl methyl sites for hydroxylation is 2. The Bertz CT molecular complexity index is 757. The summed E-state index contributed by atoms with van der Waals surface area (Å²) in [7, 11) is 3.34. The van der Waals surface area contributed by atoms with Crippen LogP contribution in [0.3, 0.4) is 0 Å². The third kappa shape index (κ3) is 3.84. The van der Waals surface area contributed by atoms with E-state index < -0.39 is 0 Å². The minimum atomic E-state index is 0.199. The van der Waals surface area contributed by atoms with Gasteiger partial charge in [-0.1, -0.05) is 6.92 Å². The van der Waals surface area contributed by atoms with E-state index in [4.69, 9.17) is 9.47 Å². The monoisotopic (exact) mass is 357 g/mol. The van der Waals surface area contributed by atoms with Gasteiger partial charge in [0.1, 0.15) is 17.3 Å². The summed E-state index contributed by atoms with van der Waals surface area (Å²) in [6.07, 6.45) is 6.07. The predicted octanol–water partition coefficient (Wildman–Crippen LogP) is 2.87. The third-order valence-electron chi connectivity index (χ3n) is 5.10. The molecule has 1 unspecified atom stereocenters. The minimum absolute atomic E-state index is 0.199. The van der Waals surface area contributed by atoms with Crippen molar-refractivity contribution in [3.63, 3.8) is 0 Å². The lowest BCUT2D eigenvalue weighted by Crippen LogP contribution is -2.29. The normalized spacial score (nSPS) is 16.7. The number of imidazole rings is 1. The summed E-state index contributed by atoms with van der Waals surface area (Å²) in [5.74, 6) is 3.18. The number of carbonyl (C=O) groups is 1. The van der Waals surface area contributed by atoms with Crippen LogP contribution in [-0.2, 0) is 17.8 Å². The minimum Gasteiger partial charge on any atom is -0.497 e. The molecule has 1 amide bonds. The third-order valence-corrected chi connectivity index (χ3v) is 5.10. The summed E-state index contributed by atoms with van der Waals surface area (Å²) in [6, 6.07) is 5.86. The second-order valence-electron chi connectivity index (χ2n) is 6.57. The summed E-state index contributed by atoms with van der Waals surface area (Å²) in [6.45, 7) is 4.28. The van der Waals surface area contributed by atoms with Gasteiger partial charge in [0.25, 0.3) is 0 Å². The van der Waals surface area contributed by atoms with E-state index in [1.807, 2.05) is 29.3 Å². The predicted molar refractivity (Wildman–Crippen MR) is 99.7 cm³/mol. The molecule has 140 valence electrons. The topological polar surface area (TPSA) is 56.6 Å². The summed E-state index contributed by atoms with van der Waals surface area (Å²) in [5.41, 5.74) is 1.12. The van der Waals surface area contributed by atoms with Crippen molar-refractivity contribution in [2.45, 2.75) is 38.6 Å². The smallest absolute Gasteiger partial charge is 0.224 e. The van der Waals surface area contributed by atoms with Gasteiger partial charge in [-0.2, -0.15) is 0 Å². The lowest BCUT2D eigenvalue weighted by molar-refractivity contribution is -0.130. The van der Waals surface area contributed by atoms with E-state index in [9.17, 15) is 4.79 Å². The molecule has 1 aliphatic rings. The Labute approximate surface area is 154 Å². The number of benzene rings is 1. The highest BCUT2D eigenvalue weighted by Crippen LogP contribution is 2.36. The second kappa shape index (κ2) is 8.25. The molecule has 1 saturated heterocycles. The first-order valence-electron chi connectivity index (χ1n) is 9.16. The van der Waals surface area contributed by atoms with Gasteiger partial charge in [0.2, 0.25) is 5.91 Å². The molecule has 0 bridgehead atoms. The molecule has 1 aromatic heterocycles. The molecule has 26 heavy (non-hydrogen) atoms. The fraction of sp³-hybridized carbons (Fsp3) is 0.500. The van der Waals surface area contributed by atoms with Crippen LogP contribution in [0.1, 0.15) is 37.1 Å². The average Bonchev–Trinajstić information content (AvgIpc) is 3.34. The van der Waals surface area contributed by atoms with Crippen LogP contribution in [0.5, 0.6) is 11.5 Å². The molecule has 1 aromatic carbocycles. The number of amides is 1. The van der Waals surface area contributed by atoms with Crippen LogP contribution in [-0.4, -0.2) is 47.7 Å². The first kappa shape index (κ1) is 18.3. The van der Waals surface area contributed by atoms with Gasteiger partial charge < -0.3 is 18.9 Å². The Hall–Kier alpha value is -2.50. The number of hydrogen-bond acceptors (Lipinski definition) is 4. The standard InChI is InChI=1S/C20H27N3O3/c1-4-19-21-9-12-22(19)11-8-20(24)23-10-7-15(14-23)17-13-16(25-2)5-6-18(17)26-3/h5-6,9,12-13,15H,4,7-8,10-11,14H2,1-3H3. The summed E-state index contributed by atoms with van der Waals surface area (Å²) in [4.78, 5) is 18.9. The number of rotatable bonds is 7. The lowest BCUT2D eigenvalue weighted by atomic mass is 9.97. The van der Waals surface area contributed by atoms with Gasteiger partial charge in [-0.05, 0) is 24.6 Å². The Morgan fingerprint density at radius 1 is 1.31 bits per heavy atom. The molecule has 1 atom stereocenters. The van der Waals surface area contributed by atoms with Gasteiger partial charge in [-0.3, -0.25) is 4.79 Å². The molecule has 3 rings (SSSR count). The average molecular weight is 357 g/mol. The van der Waals surface area contributed by atoms with Crippen molar-refractivity contribution in [1.82, 2.24) is 14.5 Å². The largest absolute Gasteiger partial charge is 0.497 e. The molecular formula is C20H27N3O3. The molecule has 1 fully saturated rings. The first-order valence-corrected chi connectivity index (χ1v) is 9.16. The van der Waals surface area contributed by atoms with Crippen molar-refractivity contribution in [2.75, 3.05) is 27.3 Å². The number of likely N-dealkylation sites (tertiary alicyclic amines) is 1. The van der Waals surface area contributed by atoms with Crippen LogP contribution in [0, 0.1) is 0 Å². The van der Waals surface area contributed by atoms with E-state index in [1.165, 1.54) is 0 Å². The van der Waals surface area contributed by atoms with Crippen LogP contribution in [0.25, 0.3) is 0 Å². The van der Waals surface area contributed by atoms with Crippen molar-refractivity contribution in [3.05, 3.63) is 42.0 Å². The lowest BCUT2D eigenvalue weighted by Gasteiger charge is -2.19. The second-order valence-corrected chi connectivity index (χ2v) is 6.57. The van der Waals surface area contributed by atoms with E-state index in [0.717, 1.165) is 48.8 Å².